The second-order valence-corrected chi connectivity index (χ2v) is 3.19. The molecule has 1 amide bonds. The predicted molar refractivity (Wildman–Crippen MR) is 54.5 cm³/mol. The Hall–Kier alpha value is -1.16. The Labute approximate surface area is 85.0 Å². The van der Waals surface area contributed by atoms with Crippen molar-refractivity contribution >= 4 is 21.8 Å². The highest BCUT2D eigenvalue weighted by molar-refractivity contribution is 9.10. The molecule has 4 heteroatoms. The van der Waals surface area contributed by atoms with Crippen molar-refractivity contribution in [3.05, 3.63) is 41.2 Å². The second kappa shape index (κ2) is 4.77. The maximum Gasteiger partial charge on any atom is 0.271 e. The van der Waals surface area contributed by atoms with Crippen molar-refractivity contribution in [2.24, 2.45) is 0 Å². The lowest BCUT2D eigenvalue weighted by molar-refractivity contribution is 0.0952. The van der Waals surface area contributed by atoms with Crippen LogP contribution in [0.5, 0.6) is 0 Å². The van der Waals surface area contributed by atoms with E-state index in [1.807, 2.05) is 0 Å². The first-order chi connectivity index (χ1) is 6.25. The van der Waals surface area contributed by atoms with Crippen LogP contribution in [0.25, 0.3) is 0 Å². The molecule has 0 aliphatic carbocycles. The largest absolute Gasteiger partial charge is 0.347 e. The van der Waals surface area contributed by atoms with Crippen molar-refractivity contribution in [1.29, 1.82) is 0 Å². The van der Waals surface area contributed by atoms with Crippen LogP contribution in [0.4, 0.5) is 0 Å². The molecule has 0 unspecified atom stereocenters. The fourth-order valence-corrected chi connectivity index (χ4v) is 1.24. The van der Waals surface area contributed by atoms with Gasteiger partial charge in [-0.25, -0.2) is 4.98 Å². The number of hydrogen-bond acceptors (Lipinski definition) is 2. The van der Waals surface area contributed by atoms with Gasteiger partial charge in [0, 0.05) is 17.2 Å². The minimum Gasteiger partial charge on any atom is -0.347 e. The summed E-state index contributed by atoms with van der Waals surface area (Å²) in [6.45, 7) is 3.95. The average Bonchev–Trinajstić information content (AvgIpc) is 2.15. The first kappa shape index (κ1) is 9.92. The van der Waals surface area contributed by atoms with Gasteiger partial charge in [-0.3, -0.25) is 4.79 Å². The van der Waals surface area contributed by atoms with Crippen LogP contribution < -0.4 is 5.32 Å². The summed E-state index contributed by atoms with van der Waals surface area (Å²) in [5.74, 6) is -0.202. The van der Waals surface area contributed by atoms with Crippen LogP contribution in [0.2, 0.25) is 0 Å². The van der Waals surface area contributed by atoms with Crippen LogP contribution >= 0.6 is 15.9 Å². The number of rotatable bonds is 3. The van der Waals surface area contributed by atoms with E-state index in [9.17, 15) is 4.79 Å². The first-order valence-electron chi connectivity index (χ1n) is 3.75. The molecule has 0 saturated heterocycles. The molecular formula is C9H9BrN2O. The van der Waals surface area contributed by atoms with Gasteiger partial charge in [0.05, 0.1) is 0 Å². The van der Waals surface area contributed by atoms with Crippen molar-refractivity contribution in [1.82, 2.24) is 10.3 Å². The fourth-order valence-electron chi connectivity index (χ4n) is 0.801. The number of amides is 1. The van der Waals surface area contributed by atoms with E-state index in [2.05, 4.69) is 32.8 Å². The average molecular weight is 241 g/mol. The summed E-state index contributed by atoms with van der Waals surface area (Å²) >= 11 is 3.24. The number of nitrogens with one attached hydrogen (secondary N) is 1. The van der Waals surface area contributed by atoms with Gasteiger partial charge in [-0.2, -0.15) is 0 Å². The Morgan fingerprint density at radius 2 is 2.54 bits per heavy atom. The summed E-state index contributed by atoms with van der Waals surface area (Å²) in [4.78, 5) is 15.3. The lowest BCUT2D eigenvalue weighted by Gasteiger charge is -2.02. The first-order valence-corrected chi connectivity index (χ1v) is 4.54. The number of aromatic nitrogens is 1. The normalized spacial score (nSPS) is 9.31. The third kappa shape index (κ3) is 2.66. The van der Waals surface area contributed by atoms with Gasteiger partial charge < -0.3 is 5.32 Å². The topological polar surface area (TPSA) is 42.0 Å². The maximum absolute atomic E-state index is 11.4. The molecule has 0 aliphatic heterocycles. The lowest BCUT2D eigenvalue weighted by atomic mass is 10.3. The maximum atomic E-state index is 11.4. The molecule has 3 nitrogen and oxygen atoms in total. The Balaban J connectivity index is 2.76. The number of halogens is 1. The number of nitrogens with zero attached hydrogens (tertiary/aromatic N) is 1. The van der Waals surface area contributed by atoms with E-state index in [1.165, 1.54) is 0 Å². The third-order valence-corrected chi connectivity index (χ3v) is 2.02. The molecule has 0 atom stereocenters. The molecule has 1 N–H and O–H groups in total. The highest BCUT2D eigenvalue weighted by atomic mass is 79.9. The number of pyridine rings is 1. The van der Waals surface area contributed by atoms with Crippen molar-refractivity contribution in [3.8, 4) is 0 Å². The van der Waals surface area contributed by atoms with Gasteiger partial charge in [0.15, 0.2) is 0 Å². The van der Waals surface area contributed by atoms with Crippen LogP contribution in [-0.2, 0) is 0 Å². The zero-order chi connectivity index (χ0) is 9.68. The third-order valence-electron chi connectivity index (χ3n) is 1.38. The van der Waals surface area contributed by atoms with Crippen molar-refractivity contribution in [3.63, 3.8) is 0 Å². The van der Waals surface area contributed by atoms with Gasteiger partial charge >= 0.3 is 0 Å². The van der Waals surface area contributed by atoms with E-state index in [0.717, 1.165) is 0 Å². The summed E-state index contributed by atoms with van der Waals surface area (Å²) in [5, 5.41) is 2.64. The lowest BCUT2D eigenvalue weighted by Crippen LogP contribution is -2.24. The Morgan fingerprint density at radius 1 is 1.77 bits per heavy atom. The molecule has 0 aliphatic rings. The van der Waals surface area contributed by atoms with Crippen LogP contribution in [0.15, 0.2) is 35.5 Å². The minimum atomic E-state index is -0.202. The van der Waals surface area contributed by atoms with Gasteiger partial charge in [-0.05, 0) is 28.1 Å². The van der Waals surface area contributed by atoms with Crippen molar-refractivity contribution < 1.29 is 4.79 Å². The monoisotopic (exact) mass is 240 g/mol. The van der Waals surface area contributed by atoms with E-state index >= 15 is 0 Å². The smallest absolute Gasteiger partial charge is 0.271 e. The minimum absolute atomic E-state index is 0.202. The second-order valence-electron chi connectivity index (χ2n) is 2.33. The summed E-state index contributed by atoms with van der Waals surface area (Å²) in [6.07, 6.45) is 3.20. The molecule has 0 saturated carbocycles. The zero-order valence-corrected chi connectivity index (χ0v) is 8.54. The van der Waals surface area contributed by atoms with Crippen molar-refractivity contribution in [2.45, 2.75) is 0 Å². The highest BCUT2D eigenvalue weighted by Gasteiger charge is 2.08. The molecule has 0 fully saturated rings. The Kier molecular flexibility index (Phi) is 3.64. The predicted octanol–water partition coefficient (Wildman–Crippen LogP) is 1.76. The number of carbonyl (C=O) groups is 1. The number of carbonyl (C=O) groups excluding carboxylic acids is 1. The van der Waals surface area contributed by atoms with Crippen LogP contribution in [-0.4, -0.2) is 17.4 Å². The van der Waals surface area contributed by atoms with E-state index < -0.39 is 0 Å². The Morgan fingerprint density at radius 3 is 3.15 bits per heavy atom. The van der Waals surface area contributed by atoms with Crippen molar-refractivity contribution in [2.75, 3.05) is 6.54 Å². The molecule has 0 aromatic carbocycles. The summed E-state index contributed by atoms with van der Waals surface area (Å²) in [7, 11) is 0. The molecule has 1 aromatic heterocycles. The SMILES string of the molecule is C=CCNC(=O)c1ncccc1Br. The zero-order valence-electron chi connectivity index (χ0n) is 6.96. The van der Waals surface area contributed by atoms with Gasteiger partial charge in [-0.1, -0.05) is 6.08 Å². The summed E-state index contributed by atoms with van der Waals surface area (Å²) < 4.78 is 0.691. The number of hydrogen-bond donors (Lipinski definition) is 1. The van der Waals surface area contributed by atoms with Gasteiger partial charge in [0.1, 0.15) is 5.69 Å². The quantitative estimate of drug-likeness (QED) is 0.819. The van der Waals surface area contributed by atoms with E-state index in [1.54, 1.807) is 24.4 Å². The van der Waals surface area contributed by atoms with Gasteiger partial charge in [0.25, 0.3) is 5.91 Å². The van der Waals surface area contributed by atoms with Gasteiger partial charge in [0.2, 0.25) is 0 Å². The Bertz CT molecular complexity index is 325. The van der Waals surface area contributed by atoms with Crippen LogP contribution in [0.3, 0.4) is 0 Å². The molecular weight excluding hydrogens is 232 g/mol. The van der Waals surface area contributed by atoms with Crippen LogP contribution in [0.1, 0.15) is 10.5 Å². The fraction of sp³-hybridized carbons (Fsp3) is 0.111. The highest BCUT2D eigenvalue weighted by Crippen LogP contribution is 2.12. The van der Waals surface area contributed by atoms with E-state index in [4.69, 9.17) is 0 Å². The van der Waals surface area contributed by atoms with Crippen LogP contribution in [0, 0.1) is 0 Å². The van der Waals surface area contributed by atoms with E-state index in [0.29, 0.717) is 16.7 Å². The molecule has 0 bridgehead atoms. The molecule has 68 valence electrons. The standard InChI is InChI=1S/C9H9BrN2O/c1-2-5-12-9(13)8-7(10)4-3-6-11-8/h2-4,6H,1,5H2,(H,12,13). The van der Waals surface area contributed by atoms with Gasteiger partial charge in [-0.15, -0.1) is 6.58 Å². The molecule has 0 spiro atoms. The molecule has 1 rings (SSSR count). The molecule has 1 heterocycles. The van der Waals surface area contributed by atoms with E-state index in [-0.39, 0.29) is 5.91 Å². The molecule has 1 aromatic rings. The molecule has 13 heavy (non-hydrogen) atoms. The summed E-state index contributed by atoms with van der Waals surface area (Å²) in [6, 6.07) is 3.53. The summed E-state index contributed by atoms with van der Waals surface area (Å²) in [5.41, 5.74) is 0.393. The molecule has 0 radical (unpaired) electrons.